The highest BCUT2D eigenvalue weighted by atomic mass is 16.3. The molecule has 1 fully saturated rings. The molecular formula is C5H8NO2. The molecular weight excluding hydrogens is 106 g/mol. The van der Waals surface area contributed by atoms with Crippen LogP contribution in [-0.4, -0.2) is 23.7 Å². The fourth-order valence-electron chi connectivity index (χ4n) is 0.789. The summed E-state index contributed by atoms with van der Waals surface area (Å²) in [6.45, 7) is 0. The molecule has 2 N–H and O–H groups in total. The Hall–Kier alpha value is -0.570. The fraction of sp³-hybridized carbons (Fsp3) is 0.800. The van der Waals surface area contributed by atoms with Gasteiger partial charge in [-0.2, -0.15) is 0 Å². The van der Waals surface area contributed by atoms with Gasteiger partial charge in [-0.3, -0.25) is 4.79 Å². The molecule has 1 aliphatic carbocycles. The maximum absolute atomic E-state index is 9.60. The third kappa shape index (κ3) is 0.980. The van der Waals surface area contributed by atoms with Gasteiger partial charge in [0.15, 0.2) is 0 Å². The molecule has 0 heterocycles. The summed E-state index contributed by atoms with van der Waals surface area (Å²) >= 11 is 0. The lowest BCUT2D eigenvalue weighted by atomic mass is 9.90. The van der Waals surface area contributed by atoms with Crippen molar-refractivity contribution in [2.75, 3.05) is 0 Å². The molecule has 1 amide bonds. The first-order valence-electron chi connectivity index (χ1n) is 2.63. The van der Waals surface area contributed by atoms with Gasteiger partial charge in [-0.25, -0.2) is 0 Å². The number of hydrogen-bond acceptors (Lipinski definition) is 2. The van der Waals surface area contributed by atoms with E-state index in [0.717, 1.165) is 0 Å². The van der Waals surface area contributed by atoms with Gasteiger partial charge >= 0.3 is 6.41 Å². The van der Waals surface area contributed by atoms with Gasteiger partial charge in [0.2, 0.25) is 0 Å². The van der Waals surface area contributed by atoms with Crippen LogP contribution in [0.15, 0.2) is 0 Å². The second kappa shape index (κ2) is 2.13. The highest BCUT2D eigenvalue weighted by molar-refractivity contribution is 5.48. The highest BCUT2D eigenvalue weighted by Crippen LogP contribution is 2.18. The number of carbonyl (C=O) groups excluding carboxylic acids is 1. The zero-order valence-corrected chi connectivity index (χ0v) is 4.42. The van der Waals surface area contributed by atoms with Gasteiger partial charge in [0.05, 0.1) is 6.10 Å². The van der Waals surface area contributed by atoms with Crippen molar-refractivity contribution in [1.82, 2.24) is 5.32 Å². The van der Waals surface area contributed by atoms with Crippen molar-refractivity contribution < 1.29 is 9.90 Å². The molecule has 3 nitrogen and oxygen atoms in total. The lowest BCUT2D eigenvalue weighted by molar-refractivity contribution is 0.0696. The molecule has 1 aliphatic rings. The first kappa shape index (κ1) is 5.56. The van der Waals surface area contributed by atoms with Gasteiger partial charge in [0.1, 0.15) is 0 Å². The topological polar surface area (TPSA) is 49.3 Å². The molecule has 1 saturated carbocycles. The van der Waals surface area contributed by atoms with Crippen molar-refractivity contribution in [3.05, 3.63) is 0 Å². The van der Waals surface area contributed by atoms with E-state index in [4.69, 9.17) is 5.11 Å². The average Bonchev–Trinajstić information content (AvgIpc) is 1.64. The van der Waals surface area contributed by atoms with Crippen molar-refractivity contribution in [3.63, 3.8) is 0 Å². The van der Waals surface area contributed by atoms with Crippen molar-refractivity contribution in [2.24, 2.45) is 0 Å². The van der Waals surface area contributed by atoms with Crippen LogP contribution >= 0.6 is 0 Å². The second-order valence-electron chi connectivity index (χ2n) is 2.07. The zero-order chi connectivity index (χ0) is 5.98. The normalized spacial score (nSPS) is 35.6. The van der Waals surface area contributed by atoms with Crippen LogP contribution in [0.5, 0.6) is 0 Å². The Bertz CT molecular complexity index is 88.4. The monoisotopic (exact) mass is 114 g/mol. The standard InChI is InChI=1S/C5H8NO2/c7-3-6-4-1-5(8)2-4/h4-5,8H,1-2H2,(H,6,7). The summed E-state index contributed by atoms with van der Waals surface area (Å²) in [5.41, 5.74) is 0. The summed E-state index contributed by atoms with van der Waals surface area (Å²) in [5.74, 6) is 0. The van der Waals surface area contributed by atoms with E-state index in [-0.39, 0.29) is 12.1 Å². The second-order valence-corrected chi connectivity index (χ2v) is 2.07. The van der Waals surface area contributed by atoms with Crippen LogP contribution < -0.4 is 5.32 Å². The first-order valence-corrected chi connectivity index (χ1v) is 2.63. The van der Waals surface area contributed by atoms with Crippen molar-refractivity contribution in [2.45, 2.75) is 25.0 Å². The number of nitrogens with one attached hydrogen (secondary N) is 1. The van der Waals surface area contributed by atoms with Crippen LogP contribution in [0.1, 0.15) is 12.8 Å². The average molecular weight is 114 g/mol. The highest BCUT2D eigenvalue weighted by Gasteiger charge is 2.26. The number of aliphatic hydroxyl groups excluding tert-OH is 1. The Labute approximate surface area is 47.7 Å². The maximum atomic E-state index is 9.60. The van der Waals surface area contributed by atoms with Crippen molar-refractivity contribution in [3.8, 4) is 0 Å². The number of rotatable bonds is 2. The molecule has 1 rings (SSSR count). The van der Waals surface area contributed by atoms with Crippen LogP contribution in [0.2, 0.25) is 0 Å². The molecule has 0 unspecified atom stereocenters. The summed E-state index contributed by atoms with van der Waals surface area (Å²) in [7, 11) is 0. The van der Waals surface area contributed by atoms with Gasteiger partial charge in [-0.15, -0.1) is 0 Å². The minimum Gasteiger partial charge on any atom is -0.393 e. The molecule has 0 aromatic rings. The van der Waals surface area contributed by atoms with Gasteiger partial charge < -0.3 is 10.4 Å². The Balaban J connectivity index is 2.06. The van der Waals surface area contributed by atoms with E-state index in [1.165, 1.54) is 0 Å². The molecule has 0 saturated heterocycles. The van der Waals surface area contributed by atoms with Gasteiger partial charge in [0.25, 0.3) is 0 Å². The van der Waals surface area contributed by atoms with Crippen LogP contribution in [0.4, 0.5) is 0 Å². The van der Waals surface area contributed by atoms with Crippen molar-refractivity contribution in [1.29, 1.82) is 0 Å². The molecule has 0 aromatic carbocycles. The third-order valence-corrected chi connectivity index (χ3v) is 1.38. The Morgan fingerprint density at radius 1 is 1.62 bits per heavy atom. The van der Waals surface area contributed by atoms with E-state index in [0.29, 0.717) is 12.8 Å². The number of amides is 1. The molecule has 0 bridgehead atoms. The molecule has 3 heteroatoms. The molecule has 45 valence electrons. The van der Waals surface area contributed by atoms with Crippen LogP contribution in [-0.2, 0) is 4.79 Å². The lowest BCUT2D eigenvalue weighted by Crippen LogP contribution is -2.43. The fourth-order valence-corrected chi connectivity index (χ4v) is 0.789. The number of hydrogen-bond donors (Lipinski definition) is 2. The van der Waals surface area contributed by atoms with Gasteiger partial charge in [-0.1, -0.05) is 0 Å². The summed E-state index contributed by atoms with van der Waals surface area (Å²) < 4.78 is 0. The molecule has 0 aliphatic heterocycles. The molecule has 0 aromatic heterocycles. The van der Waals surface area contributed by atoms with Crippen molar-refractivity contribution >= 4 is 6.41 Å². The summed E-state index contributed by atoms with van der Waals surface area (Å²) in [4.78, 5) is 9.60. The summed E-state index contributed by atoms with van der Waals surface area (Å²) in [5, 5.41) is 11.1. The molecule has 1 radical (unpaired) electrons. The Kier molecular flexibility index (Phi) is 1.48. The number of aliphatic hydroxyl groups is 1. The summed E-state index contributed by atoms with van der Waals surface area (Å²) in [6.07, 6.45) is 2.76. The largest absolute Gasteiger partial charge is 0.393 e. The lowest BCUT2D eigenvalue weighted by Gasteiger charge is -2.29. The van der Waals surface area contributed by atoms with E-state index >= 15 is 0 Å². The van der Waals surface area contributed by atoms with E-state index in [2.05, 4.69) is 5.32 Å². The van der Waals surface area contributed by atoms with E-state index in [1.807, 2.05) is 0 Å². The predicted octanol–water partition coefficient (Wildman–Crippen LogP) is -0.834. The van der Waals surface area contributed by atoms with Gasteiger partial charge in [0, 0.05) is 6.04 Å². The summed E-state index contributed by atoms with van der Waals surface area (Å²) in [6, 6.07) is 0.183. The predicted molar refractivity (Wildman–Crippen MR) is 27.9 cm³/mol. The molecule has 0 spiro atoms. The molecule has 8 heavy (non-hydrogen) atoms. The Morgan fingerprint density at radius 2 is 2.25 bits per heavy atom. The minimum atomic E-state index is -0.194. The van der Waals surface area contributed by atoms with Crippen LogP contribution in [0, 0.1) is 0 Å². The Morgan fingerprint density at radius 3 is 2.62 bits per heavy atom. The smallest absolute Gasteiger partial charge is 0.309 e. The van der Waals surface area contributed by atoms with E-state index in [1.54, 1.807) is 6.41 Å². The maximum Gasteiger partial charge on any atom is 0.309 e. The van der Waals surface area contributed by atoms with Crippen LogP contribution in [0.25, 0.3) is 0 Å². The van der Waals surface area contributed by atoms with E-state index in [9.17, 15) is 4.79 Å². The van der Waals surface area contributed by atoms with Gasteiger partial charge in [-0.05, 0) is 12.8 Å². The third-order valence-electron chi connectivity index (χ3n) is 1.38. The quantitative estimate of drug-likeness (QED) is 0.460. The zero-order valence-electron chi connectivity index (χ0n) is 4.42. The van der Waals surface area contributed by atoms with Crippen LogP contribution in [0.3, 0.4) is 0 Å². The SMILES string of the molecule is O=[C]NC1CC(O)C1. The first-order chi connectivity index (χ1) is 3.83. The molecule has 0 atom stereocenters. The minimum absolute atomic E-state index is 0.183. The van der Waals surface area contributed by atoms with E-state index < -0.39 is 0 Å².